The quantitative estimate of drug-likeness (QED) is 0.785. The standard InChI is InChI=1S/C11H18F2N2O.ClH/c12-11(13)3-6-15(7-4-11)10(16)9-2-1-5-14-8-9;/h9,14H,1-8H2;1H. The Morgan fingerprint density at radius 1 is 1.29 bits per heavy atom. The number of nitrogens with one attached hydrogen (secondary N) is 1. The summed E-state index contributed by atoms with van der Waals surface area (Å²) in [6.07, 6.45) is 1.52. The molecule has 0 bridgehead atoms. The molecular formula is C11H19ClF2N2O. The number of piperidine rings is 2. The first-order valence-electron chi connectivity index (χ1n) is 5.96. The highest BCUT2D eigenvalue weighted by Crippen LogP contribution is 2.28. The first-order valence-corrected chi connectivity index (χ1v) is 5.96. The van der Waals surface area contributed by atoms with Gasteiger partial charge in [0.2, 0.25) is 5.91 Å². The molecule has 0 saturated carbocycles. The fourth-order valence-electron chi connectivity index (χ4n) is 2.38. The van der Waals surface area contributed by atoms with Crippen molar-refractivity contribution < 1.29 is 13.6 Å². The molecular weight excluding hydrogens is 250 g/mol. The van der Waals surface area contributed by atoms with Crippen molar-refractivity contribution in [3.05, 3.63) is 0 Å². The van der Waals surface area contributed by atoms with Gasteiger partial charge in [0.25, 0.3) is 5.92 Å². The highest BCUT2D eigenvalue weighted by molar-refractivity contribution is 5.85. The van der Waals surface area contributed by atoms with Crippen molar-refractivity contribution in [1.82, 2.24) is 10.2 Å². The lowest BCUT2D eigenvalue weighted by atomic mass is 9.96. The number of carbonyl (C=O) groups excluding carboxylic acids is 1. The van der Waals surface area contributed by atoms with Crippen molar-refractivity contribution in [1.29, 1.82) is 0 Å². The van der Waals surface area contributed by atoms with Crippen LogP contribution in [0.15, 0.2) is 0 Å². The fourth-order valence-corrected chi connectivity index (χ4v) is 2.38. The minimum atomic E-state index is -2.57. The van der Waals surface area contributed by atoms with Crippen molar-refractivity contribution in [3.63, 3.8) is 0 Å². The number of carbonyl (C=O) groups is 1. The molecule has 0 spiro atoms. The summed E-state index contributed by atoms with van der Waals surface area (Å²) in [5.74, 6) is -2.51. The molecule has 2 heterocycles. The van der Waals surface area contributed by atoms with E-state index >= 15 is 0 Å². The average Bonchev–Trinajstić information content (AvgIpc) is 2.29. The minimum Gasteiger partial charge on any atom is -0.342 e. The molecule has 0 radical (unpaired) electrons. The van der Waals surface area contributed by atoms with Crippen LogP contribution in [0.5, 0.6) is 0 Å². The highest BCUT2D eigenvalue weighted by Gasteiger charge is 2.37. The summed E-state index contributed by atoms with van der Waals surface area (Å²) < 4.78 is 25.9. The average molecular weight is 269 g/mol. The van der Waals surface area contributed by atoms with Gasteiger partial charge in [-0.15, -0.1) is 12.4 Å². The second kappa shape index (κ2) is 5.96. The SMILES string of the molecule is Cl.O=C(C1CCCNC1)N1CCC(F)(F)CC1. The smallest absolute Gasteiger partial charge is 0.251 e. The van der Waals surface area contributed by atoms with Crippen LogP contribution < -0.4 is 5.32 Å². The van der Waals surface area contributed by atoms with Crippen molar-refractivity contribution >= 4 is 18.3 Å². The van der Waals surface area contributed by atoms with E-state index in [0.29, 0.717) is 6.54 Å². The molecule has 6 heteroatoms. The summed E-state index contributed by atoms with van der Waals surface area (Å²) in [5, 5.41) is 3.18. The minimum absolute atomic E-state index is 0. The Morgan fingerprint density at radius 2 is 1.94 bits per heavy atom. The van der Waals surface area contributed by atoms with E-state index in [1.165, 1.54) is 0 Å². The van der Waals surface area contributed by atoms with Gasteiger partial charge in [-0.3, -0.25) is 4.79 Å². The van der Waals surface area contributed by atoms with Crippen LogP contribution in [0.1, 0.15) is 25.7 Å². The van der Waals surface area contributed by atoms with Gasteiger partial charge in [0.05, 0.1) is 5.92 Å². The normalized spacial score (nSPS) is 28.4. The molecule has 2 rings (SSSR count). The van der Waals surface area contributed by atoms with Gasteiger partial charge in [-0.1, -0.05) is 0 Å². The number of nitrogens with zero attached hydrogens (tertiary/aromatic N) is 1. The summed E-state index contributed by atoms with van der Waals surface area (Å²) in [7, 11) is 0. The van der Waals surface area contributed by atoms with Crippen LogP contribution in [-0.4, -0.2) is 42.9 Å². The van der Waals surface area contributed by atoms with Gasteiger partial charge in [-0.25, -0.2) is 8.78 Å². The van der Waals surface area contributed by atoms with Crippen molar-refractivity contribution in [2.75, 3.05) is 26.2 Å². The van der Waals surface area contributed by atoms with Gasteiger partial charge >= 0.3 is 0 Å². The number of alkyl halides is 2. The molecule has 2 aliphatic rings. The molecule has 0 aromatic rings. The van der Waals surface area contributed by atoms with Gasteiger partial charge < -0.3 is 10.2 Å². The molecule has 0 aromatic heterocycles. The van der Waals surface area contributed by atoms with Gasteiger partial charge in [0, 0.05) is 32.5 Å². The molecule has 0 aromatic carbocycles. The molecule has 2 aliphatic heterocycles. The van der Waals surface area contributed by atoms with Gasteiger partial charge in [0.15, 0.2) is 0 Å². The maximum absolute atomic E-state index is 12.9. The number of halogens is 3. The summed E-state index contributed by atoms with van der Waals surface area (Å²) in [6, 6.07) is 0. The summed E-state index contributed by atoms with van der Waals surface area (Å²) in [5.41, 5.74) is 0. The van der Waals surface area contributed by atoms with E-state index in [4.69, 9.17) is 0 Å². The topological polar surface area (TPSA) is 32.3 Å². The Balaban J connectivity index is 0.00000144. The third-order valence-corrected chi connectivity index (χ3v) is 3.45. The van der Waals surface area contributed by atoms with Crippen LogP contribution in [0.25, 0.3) is 0 Å². The third kappa shape index (κ3) is 3.78. The fraction of sp³-hybridized carbons (Fsp3) is 0.909. The van der Waals surface area contributed by atoms with Crippen LogP contribution in [-0.2, 0) is 4.79 Å². The zero-order valence-electron chi connectivity index (χ0n) is 9.75. The zero-order valence-corrected chi connectivity index (χ0v) is 10.6. The Hall–Kier alpha value is -0.420. The van der Waals surface area contributed by atoms with Crippen LogP contribution in [0.3, 0.4) is 0 Å². The Bertz CT molecular complexity index is 260. The predicted octanol–water partition coefficient (Wildman–Crippen LogP) is 1.67. The third-order valence-electron chi connectivity index (χ3n) is 3.45. The van der Waals surface area contributed by atoms with Crippen molar-refractivity contribution in [2.45, 2.75) is 31.6 Å². The van der Waals surface area contributed by atoms with E-state index in [1.54, 1.807) is 4.90 Å². The first-order chi connectivity index (χ1) is 7.58. The molecule has 1 amide bonds. The Morgan fingerprint density at radius 3 is 2.47 bits per heavy atom. The van der Waals surface area contributed by atoms with Crippen LogP contribution >= 0.6 is 12.4 Å². The maximum Gasteiger partial charge on any atom is 0.251 e. The number of hydrogen-bond donors (Lipinski definition) is 1. The predicted molar refractivity (Wildman–Crippen MR) is 63.6 cm³/mol. The van der Waals surface area contributed by atoms with Gasteiger partial charge in [0.1, 0.15) is 0 Å². The molecule has 1 atom stereocenters. The molecule has 2 saturated heterocycles. The van der Waals surface area contributed by atoms with Crippen LogP contribution in [0.4, 0.5) is 8.78 Å². The largest absolute Gasteiger partial charge is 0.342 e. The zero-order chi connectivity index (χ0) is 11.6. The Kier molecular flexibility index (Phi) is 5.13. The van der Waals surface area contributed by atoms with Crippen LogP contribution in [0, 0.1) is 5.92 Å². The van der Waals surface area contributed by atoms with Crippen molar-refractivity contribution in [2.24, 2.45) is 5.92 Å². The number of likely N-dealkylation sites (tertiary alicyclic amines) is 1. The van der Waals surface area contributed by atoms with Crippen molar-refractivity contribution in [3.8, 4) is 0 Å². The number of amides is 1. The van der Waals surface area contributed by atoms with E-state index in [-0.39, 0.29) is 50.2 Å². The first kappa shape index (κ1) is 14.6. The van der Waals surface area contributed by atoms with E-state index < -0.39 is 5.92 Å². The molecule has 3 nitrogen and oxygen atoms in total. The number of hydrogen-bond acceptors (Lipinski definition) is 2. The summed E-state index contributed by atoms with van der Waals surface area (Å²) in [6.45, 7) is 2.08. The lowest BCUT2D eigenvalue weighted by Crippen LogP contribution is -2.48. The maximum atomic E-state index is 12.9. The second-order valence-electron chi connectivity index (χ2n) is 4.72. The van der Waals surface area contributed by atoms with Crippen LogP contribution in [0.2, 0.25) is 0 Å². The lowest BCUT2D eigenvalue weighted by molar-refractivity contribution is -0.142. The second-order valence-corrected chi connectivity index (χ2v) is 4.72. The van der Waals surface area contributed by atoms with Gasteiger partial charge in [-0.2, -0.15) is 0 Å². The molecule has 2 fully saturated rings. The molecule has 0 aliphatic carbocycles. The molecule has 1 N–H and O–H groups in total. The summed E-state index contributed by atoms with van der Waals surface area (Å²) >= 11 is 0. The van der Waals surface area contributed by atoms with E-state index in [0.717, 1.165) is 19.4 Å². The van der Waals surface area contributed by atoms with Gasteiger partial charge in [-0.05, 0) is 19.4 Å². The van der Waals surface area contributed by atoms with E-state index in [1.807, 2.05) is 0 Å². The van der Waals surface area contributed by atoms with E-state index in [9.17, 15) is 13.6 Å². The monoisotopic (exact) mass is 268 g/mol. The number of rotatable bonds is 1. The molecule has 100 valence electrons. The highest BCUT2D eigenvalue weighted by atomic mass is 35.5. The molecule has 17 heavy (non-hydrogen) atoms. The lowest BCUT2D eigenvalue weighted by Gasteiger charge is -2.35. The summed E-state index contributed by atoms with van der Waals surface area (Å²) in [4.78, 5) is 13.6. The van der Waals surface area contributed by atoms with E-state index in [2.05, 4.69) is 5.32 Å². The molecule has 1 unspecified atom stereocenters. The Labute approximate surface area is 106 Å².